The number of benzene rings is 2. The minimum atomic E-state index is -0.202. The third-order valence-electron chi connectivity index (χ3n) is 8.17. The van der Waals surface area contributed by atoms with E-state index >= 15 is 0 Å². The quantitative estimate of drug-likeness (QED) is 0.484. The predicted octanol–water partition coefficient (Wildman–Crippen LogP) is 4.28. The first-order valence-electron chi connectivity index (χ1n) is 14.1. The number of amides is 1. The number of carbonyl (C=O) groups is 1. The molecule has 2 N–H and O–H groups in total. The van der Waals surface area contributed by atoms with Crippen LogP contribution in [-0.2, 0) is 0 Å². The maximum absolute atomic E-state index is 13.7. The fourth-order valence-electron chi connectivity index (χ4n) is 5.92. The number of hydrogen-bond acceptors (Lipinski definition) is 7. The Kier molecular flexibility index (Phi) is 8.22. The van der Waals surface area contributed by atoms with Gasteiger partial charge >= 0.3 is 0 Å². The van der Waals surface area contributed by atoms with E-state index in [-0.39, 0.29) is 18.6 Å². The largest absolute Gasteiger partial charge is 0.394 e. The van der Waals surface area contributed by atoms with Crippen LogP contribution in [0.25, 0.3) is 0 Å². The number of aryl methyl sites for hydroxylation is 3. The number of nitriles is 1. The molecular formula is C32H38N6O2. The Morgan fingerprint density at radius 1 is 1.02 bits per heavy atom. The fourth-order valence-corrected chi connectivity index (χ4v) is 5.92. The molecule has 8 heteroatoms. The molecule has 1 aromatic heterocycles. The SMILES string of the molecule is Cc1cccc(N2CCN(C(=O)c3cc(NC4CCN(c5ccccc5C#N)CC4)c(C)cc3C)C[C@H]2CO)n1. The fraction of sp³-hybridized carbons (Fsp3) is 0.406. The molecule has 2 aromatic carbocycles. The van der Waals surface area contributed by atoms with Crippen LogP contribution < -0.4 is 15.1 Å². The van der Waals surface area contributed by atoms with Gasteiger partial charge in [-0.3, -0.25) is 4.79 Å². The van der Waals surface area contributed by atoms with E-state index < -0.39 is 0 Å². The van der Waals surface area contributed by atoms with Crippen LogP contribution in [-0.4, -0.2) is 72.3 Å². The lowest BCUT2D eigenvalue weighted by atomic mass is 9.99. The molecule has 3 heterocycles. The molecule has 40 heavy (non-hydrogen) atoms. The summed E-state index contributed by atoms with van der Waals surface area (Å²) < 4.78 is 0. The zero-order chi connectivity index (χ0) is 28.2. The second-order valence-electron chi connectivity index (χ2n) is 10.9. The highest BCUT2D eigenvalue weighted by Crippen LogP contribution is 2.28. The van der Waals surface area contributed by atoms with Gasteiger partial charge in [-0.1, -0.05) is 24.3 Å². The summed E-state index contributed by atoms with van der Waals surface area (Å²) >= 11 is 0. The molecule has 2 aliphatic heterocycles. The van der Waals surface area contributed by atoms with Gasteiger partial charge in [-0.2, -0.15) is 5.26 Å². The maximum atomic E-state index is 13.7. The van der Waals surface area contributed by atoms with E-state index in [9.17, 15) is 15.2 Å². The third-order valence-corrected chi connectivity index (χ3v) is 8.17. The number of para-hydroxylation sites is 1. The Morgan fingerprint density at radius 2 is 1.80 bits per heavy atom. The van der Waals surface area contributed by atoms with Crippen molar-refractivity contribution in [3.8, 4) is 6.07 Å². The highest BCUT2D eigenvalue weighted by Gasteiger charge is 2.31. The monoisotopic (exact) mass is 538 g/mol. The number of piperazine rings is 1. The van der Waals surface area contributed by atoms with Gasteiger partial charge in [0.05, 0.1) is 23.9 Å². The first-order chi connectivity index (χ1) is 19.4. The number of anilines is 3. The minimum Gasteiger partial charge on any atom is -0.394 e. The van der Waals surface area contributed by atoms with E-state index in [4.69, 9.17) is 0 Å². The maximum Gasteiger partial charge on any atom is 0.254 e. The standard InChI is InChI=1S/C32H38N6O2/c1-22-17-23(2)29(35-26-11-13-36(14-12-26)30-9-5-4-8-25(30)19-33)18-28(22)32(40)37-15-16-38(27(20-37)21-39)31-10-6-7-24(3)34-31/h4-10,17-18,26-27,35,39H,11-16,20-21H2,1-3H3/t27-/m0/s1. The Labute approximate surface area is 236 Å². The number of piperidine rings is 1. The first kappa shape index (κ1) is 27.5. The van der Waals surface area contributed by atoms with E-state index in [1.54, 1.807) is 0 Å². The smallest absolute Gasteiger partial charge is 0.254 e. The summed E-state index contributed by atoms with van der Waals surface area (Å²) in [6, 6.07) is 20.2. The van der Waals surface area contributed by atoms with Gasteiger partial charge in [0.25, 0.3) is 5.91 Å². The van der Waals surface area contributed by atoms with Crippen molar-refractivity contribution in [3.05, 3.63) is 82.5 Å². The van der Waals surface area contributed by atoms with Crippen molar-refractivity contribution < 1.29 is 9.90 Å². The summed E-state index contributed by atoms with van der Waals surface area (Å²) in [4.78, 5) is 24.6. The molecule has 0 aliphatic carbocycles. The Bertz CT molecular complexity index is 1410. The van der Waals surface area contributed by atoms with Crippen molar-refractivity contribution in [3.63, 3.8) is 0 Å². The molecule has 2 aliphatic rings. The predicted molar refractivity (Wildman–Crippen MR) is 159 cm³/mol. The molecular weight excluding hydrogens is 500 g/mol. The molecule has 0 spiro atoms. The lowest BCUT2D eigenvalue weighted by Crippen LogP contribution is -2.56. The van der Waals surface area contributed by atoms with E-state index in [2.05, 4.69) is 39.2 Å². The number of hydrogen-bond donors (Lipinski definition) is 2. The zero-order valence-corrected chi connectivity index (χ0v) is 23.6. The van der Waals surface area contributed by atoms with E-state index in [1.807, 2.05) is 67.3 Å². The van der Waals surface area contributed by atoms with E-state index in [0.29, 0.717) is 36.8 Å². The molecule has 1 atom stereocenters. The average molecular weight is 539 g/mol. The molecule has 8 nitrogen and oxygen atoms in total. The van der Waals surface area contributed by atoms with Gasteiger partial charge in [-0.15, -0.1) is 0 Å². The van der Waals surface area contributed by atoms with Crippen LogP contribution in [0.1, 0.15) is 45.6 Å². The Morgan fingerprint density at radius 3 is 2.52 bits per heavy atom. The van der Waals surface area contributed by atoms with Gasteiger partial charge in [-0.25, -0.2) is 4.98 Å². The molecule has 208 valence electrons. The number of pyridine rings is 1. The molecule has 1 amide bonds. The number of nitrogens with zero attached hydrogens (tertiary/aromatic N) is 5. The van der Waals surface area contributed by atoms with Crippen molar-refractivity contribution in [2.45, 2.75) is 45.7 Å². The number of aromatic nitrogens is 1. The number of rotatable bonds is 6. The van der Waals surface area contributed by atoms with Crippen LogP contribution in [0.2, 0.25) is 0 Å². The summed E-state index contributed by atoms with van der Waals surface area (Å²) in [5, 5.41) is 23.4. The second kappa shape index (κ2) is 12.0. The van der Waals surface area contributed by atoms with Crippen molar-refractivity contribution in [2.24, 2.45) is 0 Å². The lowest BCUT2D eigenvalue weighted by Gasteiger charge is -2.41. The van der Waals surface area contributed by atoms with Gasteiger partial charge in [0.1, 0.15) is 11.9 Å². The minimum absolute atomic E-state index is 0.00113. The van der Waals surface area contributed by atoms with Crippen LogP contribution in [0.3, 0.4) is 0 Å². The van der Waals surface area contributed by atoms with Crippen LogP contribution in [0, 0.1) is 32.1 Å². The van der Waals surface area contributed by atoms with Gasteiger partial charge in [-0.05, 0) is 75.1 Å². The Balaban J connectivity index is 1.26. The number of aliphatic hydroxyl groups excluding tert-OH is 1. The summed E-state index contributed by atoms with van der Waals surface area (Å²) in [7, 11) is 0. The molecule has 0 unspecified atom stereocenters. The van der Waals surface area contributed by atoms with Crippen molar-refractivity contribution in [1.82, 2.24) is 9.88 Å². The van der Waals surface area contributed by atoms with Gasteiger partial charge in [0, 0.05) is 55.7 Å². The molecule has 2 saturated heterocycles. The van der Waals surface area contributed by atoms with Crippen LogP contribution >= 0.6 is 0 Å². The van der Waals surface area contributed by atoms with Crippen molar-refractivity contribution in [1.29, 1.82) is 5.26 Å². The van der Waals surface area contributed by atoms with Gasteiger partial charge < -0.3 is 25.1 Å². The number of nitrogens with one attached hydrogen (secondary N) is 1. The molecule has 5 rings (SSSR count). The molecule has 2 fully saturated rings. The first-order valence-corrected chi connectivity index (χ1v) is 14.1. The van der Waals surface area contributed by atoms with E-state index in [0.717, 1.165) is 59.9 Å². The lowest BCUT2D eigenvalue weighted by molar-refractivity contribution is 0.0698. The van der Waals surface area contributed by atoms with Crippen molar-refractivity contribution in [2.75, 3.05) is 54.4 Å². The molecule has 0 bridgehead atoms. The summed E-state index contributed by atoms with van der Waals surface area (Å²) in [5.41, 5.74) is 6.42. The summed E-state index contributed by atoms with van der Waals surface area (Å²) in [5.74, 6) is 0.838. The molecule has 3 aromatic rings. The molecule has 0 radical (unpaired) electrons. The Hall–Kier alpha value is -4.09. The highest BCUT2D eigenvalue weighted by atomic mass is 16.3. The number of aliphatic hydroxyl groups is 1. The average Bonchev–Trinajstić information content (AvgIpc) is 2.98. The van der Waals surface area contributed by atoms with Gasteiger partial charge in [0.2, 0.25) is 0 Å². The normalized spacial score (nSPS) is 18.0. The zero-order valence-electron chi connectivity index (χ0n) is 23.6. The summed E-state index contributed by atoms with van der Waals surface area (Å²) in [6.45, 7) is 9.37. The van der Waals surface area contributed by atoms with Crippen LogP contribution in [0.4, 0.5) is 17.2 Å². The van der Waals surface area contributed by atoms with E-state index in [1.165, 1.54) is 0 Å². The second-order valence-corrected chi connectivity index (χ2v) is 10.9. The highest BCUT2D eigenvalue weighted by molar-refractivity contribution is 5.97. The van der Waals surface area contributed by atoms with Gasteiger partial charge in [0.15, 0.2) is 0 Å². The molecule has 0 saturated carbocycles. The number of carbonyl (C=O) groups excluding carboxylic acids is 1. The third kappa shape index (κ3) is 5.75. The topological polar surface area (TPSA) is 95.7 Å². The van der Waals surface area contributed by atoms with Crippen molar-refractivity contribution >= 4 is 23.1 Å². The van der Waals surface area contributed by atoms with Crippen LogP contribution in [0.15, 0.2) is 54.6 Å². The van der Waals surface area contributed by atoms with Crippen LogP contribution in [0.5, 0.6) is 0 Å². The summed E-state index contributed by atoms with van der Waals surface area (Å²) in [6.07, 6.45) is 1.90.